The smallest absolute Gasteiger partial charge is 0.258 e. The summed E-state index contributed by atoms with van der Waals surface area (Å²) in [4.78, 5) is 20.3. The van der Waals surface area contributed by atoms with Crippen molar-refractivity contribution < 1.29 is 13.6 Å². The maximum atomic E-state index is 12.8. The number of nitrogens with zero attached hydrogens (tertiary/aromatic N) is 2. The Morgan fingerprint density at radius 2 is 2.00 bits per heavy atom. The van der Waals surface area contributed by atoms with Gasteiger partial charge < -0.3 is 9.73 Å². The predicted octanol–water partition coefficient (Wildman–Crippen LogP) is 3.40. The monoisotopic (exact) mass is 317 g/mol. The minimum absolute atomic E-state index is 0.142. The number of amides is 1. The highest BCUT2D eigenvalue weighted by atomic mass is 32.2. The summed E-state index contributed by atoms with van der Waals surface area (Å²) in [5.41, 5.74) is 2.52. The van der Waals surface area contributed by atoms with Gasteiger partial charge in [0.2, 0.25) is 5.91 Å². The molecule has 1 N–H and O–H groups in total. The normalized spacial score (nSPS) is 10.8. The number of oxazole rings is 1. The van der Waals surface area contributed by atoms with E-state index in [2.05, 4.69) is 15.3 Å². The van der Waals surface area contributed by atoms with Crippen molar-refractivity contribution in [3.05, 3.63) is 47.9 Å². The van der Waals surface area contributed by atoms with Gasteiger partial charge in [-0.1, -0.05) is 11.8 Å². The van der Waals surface area contributed by atoms with Crippen molar-refractivity contribution in [3.8, 4) is 0 Å². The van der Waals surface area contributed by atoms with Crippen LogP contribution in [0.1, 0.15) is 5.69 Å². The molecular formula is C15H12FN3O2S. The number of fused-ring (bicyclic) bond motifs is 1. The van der Waals surface area contributed by atoms with Crippen LogP contribution in [-0.2, 0) is 4.79 Å². The fourth-order valence-corrected chi connectivity index (χ4v) is 2.44. The number of aromatic nitrogens is 2. The number of halogens is 1. The molecule has 0 saturated heterocycles. The first-order valence-electron chi connectivity index (χ1n) is 6.52. The van der Waals surface area contributed by atoms with Gasteiger partial charge in [-0.05, 0) is 43.3 Å². The van der Waals surface area contributed by atoms with Crippen LogP contribution in [0, 0.1) is 12.7 Å². The molecule has 7 heteroatoms. The van der Waals surface area contributed by atoms with Crippen molar-refractivity contribution in [2.45, 2.75) is 12.1 Å². The van der Waals surface area contributed by atoms with Crippen LogP contribution in [0.5, 0.6) is 0 Å². The van der Waals surface area contributed by atoms with Crippen LogP contribution in [0.4, 0.5) is 10.1 Å². The zero-order chi connectivity index (χ0) is 15.5. The fourth-order valence-electron chi connectivity index (χ4n) is 1.81. The van der Waals surface area contributed by atoms with E-state index in [-0.39, 0.29) is 17.5 Å². The van der Waals surface area contributed by atoms with Gasteiger partial charge in [-0.15, -0.1) is 0 Å². The maximum absolute atomic E-state index is 12.8. The quantitative estimate of drug-likeness (QED) is 0.747. The van der Waals surface area contributed by atoms with E-state index in [1.54, 1.807) is 6.07 Å². The summed E-state index contributed by atoms with van der Waals surface area (Å²) in [6.07, 6.45) is 0. The van der Waals surface area contributed by atoms with Gasteiger partial charge in [0.25, 0.3) is 5.22 Å². The van der Waals surface area contributed by atoms with Crippen LogP contribution >= 0.6 is 11.8 Å². The molecule has 1 aromatic carbocycles. The number of anilines is 1. The molecule has 0 atom stereocenters. The standard InChI is InChI=1S/C15H12FN3O2S/c1-9-2-7-12-14(17-9)19-15(21-12)22-8-13(20)18-11-5-3-10(16)4-6-11/h2-7H,8H2,1H3,(H,18,20). The second-order valence-corrected chi connectivity index (χ2v) is 5.52. The molecule has 3 rings (SSSR count). The van der Waals surface area contributed by atoms with Gasteiger partial charge in [0, 0.05) is 11.4 Å². The highest BCUT2D eigenvalue weighted by Crippen LogP contribution is 2.22. The second kappa shape index (κ2) is 6.15. The van der Waals surface area contributed by atoms with Crippen LogP contribution in [0.3, 0.4) is 0 Å². The number of hydrogen-bond acceptors (Lipinski definition) is 5. The highest BCUT2D eigenvalue weighted by Gasteiger charge is 2.10. The average molecular weight is 317 g/mol. The van der Waals surface area contributed by atoms with E-state index in [0.29, 0.717) is 22.1 Å². The first-order valence-corrected chi connectivity index (χ1v) is 7.51. The van der Waals surface area contributed by atoms with Gasteiger partial charge in [-0.25, -0.2) is 9.37 Å². The predicted molar refractivity (Wildman–Crippen MR) is 82.3 cm³/mol. The molecule has 0 spiro atoms. The summed E-state index contributed by atoms with van der Waals surface area (Å²) in [6, 6.07) is 9.22. The zero-order valence-corrected chi connectivity index (χ0v) is 12.5. The highest BCUT2D eigenvalue weighted by molar-refractivity contribution is 7.99. The van der Waals surface area contributed by atoms with Gasteiger partial charge in [-0.2, -0.15) is 4.98 Å². The number of thioether (sulfide) groups is 1. The molecule has 1 amide bonds. The Labute approximate surface area is 129 Å². The third-order valence-electron chi connectivity index (χ3n) is 2.83. The summed E-state index contributed by atoms with van der Waals surface area (Å²) in [5, 5.41) is 3.06. The topological polar surface area (TPSA) is 68.0 Å². The van der Waals surface area contributed by atoms with E-state index in [1.807, 2.05) is 13.0 Å². The van der Waals surface area contributed by atoms with Crippen molar-refractivity contribution in [2.75, 3.05) is 11.1 Å². The number of carbonyl (C=O) groups is 1. The molecule has 112 valence electrons. The first kappa shape index (κ1) is 14.5. The molecule has 0 aliphatic rings. The van der Waals surface area contributed by atoms with Crippen molar-refractivity contribution in [1.82, 2.24) is 9.97 Å². The lowest BCUT2D eigenvalue weighted by Crippen LogP contribution is -2.13. The minimum atomic E-state index is -0.346. The molecule has 2 aromatic heterocycles. The van der Waals surface area contributed by atoms with Gasteiger partial charge in [0.15, 0.2) is 11.2 Å². The third kappa shape index (κ3) is 3.43. The zero-order valence-electron chi connectivity index (χ0n) is 11.7. The van der Waals surface area contributed by atoms with Crippen LogP contribution in [0.15, 0.2) is 46.0 Å². The molecule has 0 radical (unpaired) electrons. The van der Waals surface area contributed by atoms with Gasteiger partial charge in [0.1, 0.15) is 5.82 Å². The Kier molecular flexibility index (Phi) is 4.06. The van der Waals surface area contributed by atoms with E-state index in [1.165, 1.54) is 36.0 Å². The minimum Gasteiger partial charge on any atom is -0.430 e. The number of benzene rings is 1. The SMILES string of the molecule is Cc1ccc2oc(SCC(=O)Nc3ccc(F)cc3)nc2n1. The lowest BCUT2D eigenvalue weighted by molar-refractivity contribution is -0.113. The van der Waals surface area contributed by atoms with Gasteiger partial charge in [0.05, 0.1) is 5.75 Å². The molecule has 5 nitrogen and oxygen atoms in total. The largest absolute Gasteiger partial charge is 0.430 e. The molecule has 0 aliphatic heterocycles. The third-order valence-corrected chi connectivity index (χ3v) is 3.66. The maximum Gasteiger partial charge on any atom is 0.258 e. The Balaban J connectivity index is 1.61. The Morgan fingerprint density at radius 3 is 2.77 bits per heavy atom. The Hall–Kier alpha value is -2.41. The summed E-state index contributed by atoms with van der Waals surface area (Å²) >= 11 is 1.18. The number of nitrogens with one attached hydrogen (secondary N) is 1. The molecule has 0 unspecified atom stereocenters. The lowest BCUT2D eigenvalue weighted by Gasteiger charge is -2.03. The Bertz CT molecular complexity index is 817. The number of aryl methyl sites for hydroxylation is 1. The lowest BCUT2D eigenvalue weighted by atomic mass is 10.3. The van der Waals surface area contributed by atoms with Crippen LogP contribution in [0.25, 0.3) is 11.2 Å². The van der Waals surface area contributed by atoms with Crippen molar-refractivity contribution in [2.24, 2.45) is 0 Å². The molecule has 0 fully saturated rings. The summed E-state index contributed by atoms with van der Waals surface area (Å²) in [7, 11) is 0. The fraction of sp³-hybridized carbons (Fsp3) is 0.133. The number of hydrogen-bond donors (Lipinski definition) is 1. The van der Waals surface area contributed by atoms with E-state index in [4.69, 9.17) is 4.42 Å². The van der Waals surface area contributed by atoms with E-state index in [0.717, 1.165) is 5.69 Å². The van der Waals surface area contributed by atoms with Crippen LogP contribution in [-0.4, -0.2) is 21.6 Å². The number of pyridine rings is 1. The van der Waals surface area contributed by atoms with Gasteiger partial charge >= 0.3 is 0 Å². The van der Waals surface area contributed by atoms with E-state index in [9.17, 15) is 9.18 Å². The number of rotatable bonds is 4. The van der Waals surface area contributed by atoms with Crippen molar-refractivity contribution >= 4 is 34.6 Å². The summed E-state index contributed by atoms with van der Waals surface area (Å²) < 4.78 is 18.3. The molecule has 0 bridgehead atoms. The Morgan fingerprint density at radius 1 is 1.23 bits per heavy atom. The average Bonchev–Trinajstić information content (AvgIpc) is 2.89. The second-order valence-electron chi connectivity index (χ2n) is 4.60. The van der Waals surface area contributed by atoms with Crippen LogP contribution in [0.2, 0.25) is 0 Å². The van der Waals surface area contributed by atoms with E-state index >= 15 is 0 Å². The molecule has 0 saturated carbocycles. The summed E-state index contributed by atoms with van der Waals surface area (Å²) in [6.45, 7) is 1.87. The molecule has 0 aliphatic carbocycles. The van der Waals surface area contributed by atoms with Crippen molar-refractivity contribution in [1.29, 1.82) is 0 Å². The van der Waals surface area contributed by atoms with Crippen molar-refractivity contribution in [3.63, 3.8) is 0 Å². The molecule has 22 heavy (non-hydrogen) atoms. The molecule has 2 heterocycles. The molecular weight excluding hydrogens is 305 g/mol. The van der Waals surface area contributed by atoms with Crippen LogP contribution < -0.4 is 5.32 Å². The molecule has 3 aromatic rings. The first-order chi connectivity index (χ1) is 10.6. The van der Waals surface area contributed by atoms with E-state index < -0.39 is 0 Å². The number of carbonyl (C=O) groups excluding carboxylic acids is 1. The summed E-state index contributed by atoms with van der Waals surface area (Å²) in [5.74, 6) is -0.423. The van der Waals surface area contributed by atoms with Gasteiger partial charge in [-0.3, -0.25) is 4.79 Å².